The van der Waals surface area contributed by atoms with Crippen LogP contribution in [0.4, 0.5) is 5.69 Å². The number of nitrogens with two attached hydrogens (primary N) is 1. The standard InChI is InChI=1S/C14H21ClN2/c1-17(10-11-3-2-4-11)14-9-13(15)6-5-12(14)7-8-16/h5-6,9,11H,2-4,7-8,10,16H2,1H3. The smallest absolute Gasteiger partial charge is 0.0426 e. The Balaban J connectivity index is 2.12. The Morgan fingerprint density at radius 1 is 1.41 bits per heavy atom. The van der Waals surface area contributed by atoms with Crippen molar-refractivity contribution in [2.75, 3.05) is 25.0 Å². The maximum absolute atomic E-state index is 6.09. The Kier molecular flexibility index (Phi) is 4.30. The Bertz CT molecular complexity index is 374. The maximum atomic E-state index is 6.09. The molecule has 0 amide bonds. The molecule has 2 N–H and O–H groups in total. The maximum Gasteiger partial charge on any atom is 0.0426 e. The van der Waals surface area contributed by atoms with Crippen molar-refractivity contribution in [1.82, 2.24) is 0 Å². The molecule has 1 saturated carbocycles. The molecule has 0 atom stereocenters. The van der Waals surface area contributed by atoms with E-state index < -0.39 is 0 Å². The average Bonchev–Trinajstić information content (AvgIpc) is 2.26. The van der Waals surface area contributed by atoms with E-state index in [2.05, 4.69) is 24.1 Å². The van der Waals surface area contributed by atoms with Gasteiger partial charge in [-0.2, -0.15) is 0 Å². The van der Waals surface area contributed by atoms with Crippen LogP contribution in [0.25, 0.3) is 0 Å². The highest BCUT2D eigenvalue weighted by atomic mass is 35.5. The van der Waals surface area contributed by atoms with E-state index in [0.29, 0.717) is 6.54 Å². The summed E-state index contributed by atoms with van der Waals surface area (Å²) in [7, 11) is 2.16. The molecule has 0 radical (unpaired) electrons. The van der Waals surface area contributed by atoms with Gasteiger partial charge in [0.05, 0.1) is 0 Å². The van der Waals surface area contributed by atoms with E-state index in [-0.39, 0.29) is 0 Å². The normalized spacial score (nSPS) is 15.7. The minimum absolute atomic E-state index is 0.686. The zero-order valence-corrected chi connectivity index (χ0v) is 11.2. The summed E-state index contributed by atoms with van der Waals surface area (Å²) in [4.78, 5) is 2.33. The Morgan fingerprint density at radius 3 is 2.76 bits per heavy atom. The molecule has 0 heterocycles. The number of hydrogen-bond donors (Lipinski definition) is 1. The predicted molar refractivity (Wildman–Crippen MR) is 74.8 cm³/mol. The molecule has 17 heavy (non-hydrogen) atoms. The van der Waals surface area contributed by atoms with Crippen LogP contribution in [-0.4, -0.2) is 20.1 Å². The molecular weight excluding hydrogens is 232 g/mol. The fourth-order valence-electron chi connectivity index (χ4n) is 2.42. The molecule has 0 aromatic heterocycles. The Hall–Kier alpha value is -0.730. The second-order valence-corrected chi connectivity index (χ2v) is 5.43. The quantitative estimate of drug-likeness (QED) is 0.873. The first kappa shape index (κ1) is 12.7. The summed E-state index contributed by atoms with van der Waals surface area (Å²) in [6.07, 6.45) is 5.06. The molecule has 2 rings (SSSR count). The summed E-state index contributed by atoms with van der Waals surface area (Å²) in [5.41, 5.74) is 8.20. The number of halogens is 1. The third kappa shape index (κ3) is 3.14. The molecule has 1 aliphatic carbocycles. The van der Waals surface area contributed by atoms with Crippen molar-refractivity contribution >= 4 is 17.3 Å². The zero-order valence-electron chi connectivity index (χ0n) is 10.5. The average molecular weight is 253 g/mol. The van der Waals surface area contributed by atoms with Crippen molar-refractivity contribution in [3.8, 4) is 0 Å². The SMILES string of the molecule is CN(CC1CCC1)c1cc(Cl)ccc1CCN. The van der Waals surface area contributed by atoms with Crippen LogP contribution in [0.3, 0.4) is 0 Å². The second kappa shape index (κ2) is 5.74. The molecule has 0 aliphatic heterocycles. The molecule has 1 fully saturated rings. The monoisotopic (exact) mass is 252 g/mol. The molecule has 0 saturated heterocycles. The van der Waals surface area contributed by atoms with Crippen LogP contribution in [0, 0.1) is 5.92 Å². The van der Waals surface area contributed by atoms with Crippen molar-refractivity contribution in [2.45, 2.75) is 25.7 Å². The van der Waals surface area contributed by atoms with Gasteiger partial charge in [0, 0.05) is 24.3 Å². The first-order valence-electron chi connectivity index (χ1n) is 6.40. The van der Waals surface area contributed by atoms with Gasteiger partial charge >= 0.3 is 0 Å². The second-order valence-electron chi connectivity index (χ2n) is 4.99. The Morgan fingerprint density at radius 2 is 2.18 bits per heavy atom. The lowest BCUT2D eigenvalue weighted by Gasteiger charge is -2.32. The summed E-state index contributed by atoms with van der Waals surface area (Å²) >= 11 is 6.09. The van der Waals surface area contributed by atoms with Gasteiger partial charge in [-0.05, 0) is 49.4 Å². The summed E-state index contributed by atoms with van der Waals surface area (Å²) in [6.45, 7) is 1.82. The third-order valence-electron chi connectivity index (χ3n) is 3.63. The van der Waals surface area contributed by atoms with Crippen molar-refractivity contribution < 1.29 is 0 Å². The van der Waals surface area contributed by atoms with Crippen LogP contribution in [-0.2, 0) is 6.42 Å². The summed E-state index contributed by atoms with van der Waals surface area (Å²) in [5.74, 6) is 0.865. The van der Waals surface area contributed by atoms with Gasteiger partial charge in [0.2, 0.25) is 0 Å². The molecule has 94 valence electrons. The lowest BCUT2D eigenvalue weighted by molar-refractivity contribution is 0.321. The molecular formula is C14H21ClN2. The highest BCUT2D eigenvalue weighted by Gasteiger charge is 2.20. The van der Waals surface area contributed by atoms with Crippen LogP contribution >= 0.6 is 11.6 Å². The summed E-state index contributed by atoms with van der Waals surface area (Å²) < 4.78 is 0. The highest BCUT2D eigenvalue weighted by molar-refractivity contribution is 6.30. The van der Waals surface area contributed by atoms with E-state index in [1.807, 2.05) is 6.07 Å². The van der Waals surface area contributed by atoms with Gasteiger partial charge in [-0.3, -0.25) is 0 Å². The van der Waals surface area contributed by atoms with E-state index in [0.717, 1.165) is 23.9 Å². The molecule has 0 bridgehead atoms. The van der Waals surface area contributed by atoms with E-state index in [1.54, 1.807) is 0 Å². The molecule has 0 spiro atoms. The first-order chi connectivity index (χ1) is 8.20. The van der Waals surface area contributed by atoms with Crippen LogP contribution in [0.15, 0.2) is 18.2 Å². The summed E-state index contributed by atoms with van der Waals surface area (Å²) in [5, 5.41) is 0.807. The highest BCUT2D eigenvalue weighted by Crippen LogP contribution is 2.30. The van der Waals surface area contributed by atoms with E-state index in [9.17, 15) is 0 Å². The van der Waals surface area contributed by atoms with Gasteiger partial charge in [-0.15, -0.1) is 0 Å². The van der Waals surface area contributed by atoms with E-state index in [1.165, 1.54) is 30.5 Å². The van der Waals surface area contributed by atoms with Crippen LogP contribution in [0.5, 0.6) is 0 Å². The van der Waals surface area contributed by atoms with Gasteiger partial charge in [0.1, 0.15) is 0 Å². The molecule has 1 aromatic rings. The van der Waals surface area contributed by atoms with E-state index >= 15 is 0 Å². The lowest BCUT2D eigenvalue weighted by Crippen LogP contribution is -2.30. The van der Waals surface area contributed by atoms with Crippen LogP contribution in [0.2, 0.25) is 5.02 Å². The van der Waals surface area contributed by atoms with E-state index in [4.69, 9.17) is 17.3 Å². The minimum Gasteiger partial charge on any atom is -0.374 e. The fraction of sp³-hybridized carbons (Fsp3) is 0.571. The third-order valence-corrected chi connectivity index (χ3v) is 3.86. The molecule has 3 heteroatoms. The predicted octanol–water partition coefficient (Wildman–Crippen LogP) is 3.08. The Labute approximate surface area is 109 Å². The first-order valence-corrected chi connectivity index (χ1v) is 6.78. The van der Waals surface area contributed by atoms with Crippen LogP contribution in [0.1, 0.15) is 24.8 Å². The molecule has 2 nitrogen and oxygen atoms in total. The number of anilines is 1. The van der Waals surface area contributed by atoms with Crippen molar-refractivity contribution in [2.24, 2.45) is 11.7 Å². The fourth-order valence-corrected chi connectivity index (χ4v) is 2.59. The van der Waals surface area contributed by atoms with Crippen molar-refractivity contribution in [1.29, 1.82) is 0 Å². The van der Waals surface area contributed by atoms with Gasteiger partial charge in [0.15, 0.2) is 0 Å². The zero-order chi connectivity index (χ0) is 12.3. The van der Waals surface area contributed by atoms with Crippen LogP contribution < -0.4 is 10.6 Å². The number of hydrogen-bond acceptors (Lipinski definition) is 2. The lowest BCUT2D eigenvalue weighted by atomic mass is 9.85. The van der Waals surface area contributed by atoms with Crippen molar-refractivity contribution in [3.63, 3.8) is 0 Å². The topological polar surface area (TPSA) is 29.3 Å². The largest absolute Gasteiger partial charge is 0.374 e. The number of benzene rings is 1. The number of rotatable bonds is 5. The van der Waals surface area contributed by atoms with Gasteiger partial charge < -0.3 is 10.6 Å². The number of nitrogens with zero attached hydrogens (tertiary/aromatic N) is 1. The minimum atomic E-state index is 0.686. The molecule has 1 aliphatic rings. The van der Waals surface area contributed by atoms with Gasteiger partial charge in [-0.1, -0.05) is 24.1 Å². The van der Waals surface area contributed by atoms with Crippen molar-refractivity contribution in [3.05, 3.63) is 28.8 Å². The molecule has 1 aromatic carbocycles. The van der Waals surface area contributed by atoms with Gasteiger partial charge in [0.25, 0.3) is 0 Å². The molecule has 0 unspecified atom stereocenters. The van der Waals surface area contributed by atoms with Gasteiger partial charge in [-0.25, -0.2) is 0 Å². The summed E-state index contributed by atoms with van der Waals surface area (Å²) in [6, 6.07) is 6.11.